The topological polar surface area (TPSA) is 112 Å². The van der Waals surface area contributed by atoms with Gasteiger partial charge in [-0.2, -0.15) is 5.10 Å². The first kappa shape index (κ1) is 22.1. The number of aromatic nitrogens is 2. The number of aryl methyl sites for hydroxylation is 1. The highest BCUT2D eigenvalue weighted by atomic mass is 16.5. The van der Waals surface area contributed by atoms with E-state index in [1.807, 2.05) is 25.1 Å². The summed E-state index contributed by atoms with van der Waals surface area (Å²) in [5.74, 6) is 1.32. The van der Waals surface area contributed by atoms with Gasteiger partial charge in [0.2, 0.25) is 5.91 Å². The molecule has 2 aromatic rings. The van der Waals surface area contributed by atoms with E-state index < -0.39 is 6.10 Å². The Balaban J connectivity index is 2.02. The Morgan fingerprint density at radius 3 is 2.69 bits per heavy atom. The van der Waals surface area contributed by atoms with Crippen molar-refractivity contribution in [1.29, 1.82) is 0 Å². The van der Waals surface area contributed by atoms with E-state index in [0.717, 1.165) is 5.56 Å². The molecule has 0 spiro atoms. The molecule has 9 heteroatoms. The second kappa shape index (κ2) is 10.4. The highest BCUT2D eigenvalue weighted by Gasteiger charge is 2.18. The number of primary amides is 1. The van der Waals surface area contributed by atoms with E-state index in [0.29, 0.717) is 37.0 Å². The predicted molar refractivity (Wildman–Crippen MR) is 110 cm³/mol. The first-order valence-electron chi connectivity index (χ1n) is 9.49. The zero-order chi connectivity index (χ0) is 21.4. The van der Waals surface area contributed by atoms with Crippen LogP contribution in [0.5, 0.6) is 11.5 Å². The van der Waals surface area contributed by atoms with Crippen LogP contribution in [0.1, 0.15) is 25.8 Å². The number of nitrogens with one attached hydrogen (secondary N) is 1. The molecule has 0 aliphatic heterocycles. The first-order chi connectivity index (χ1) is 13.8. The number of benzene rings is 1. The molecule has 1 heterocycles. The predicted octanol–water partition coefficient (Wildman–Crippen LogP) is 1.62. The Kier molecular flexibility index (Phi) is 7.88. The zero-order valence-corrected chi connectivity index (χ0v) is 17.3. The molecule has 1 aromatic carbocycles. The number of nitrogens with zero attached hydrogens (tertiary/aromatic N) is 3. The number of hydrogen-bond acceptors (Lipinski definition) is 6. The molecule has 1 unspecified atom stereocenters. The number of likely N-dealkylation sites (N-methyl/N-ethyl adjacent to an activating group) is 1. The molecule has 3 N–H and O–H groups in total. The van der Waals surface area contributed by atoms with Gasteiger partial charge in [-0.25, -0.2) is 0 Å². The van der Waals surface area contributed by atoms with E-state index in [4.69, 9.17) is 15.2 Å². The maximum Gasteiger partial charge on any atom is 0.262 e. The van der Waals surface area contributed by atoms with Crippen LogP contribution >= 0.6 is 0 Å². The minimum Gasteiger partial charge on any atom is -0.490 e. The van der Waals surface area contributed by atoms with Crippen molar-refractivity contribution in [2.75, 3.05) is 26.0 Å². The zero-order valence-electron chi connectivity index (χ0n) is 17.3. The fraction of sp³-hybridized carbons (Fsp3) is 0.450. The van der Waals surface area contributed by atoms with Gasteiger partial charge in [-0.1, -0.05) is 6.07 Å². The maximum absolute atomic E-state index is 12.0. The molecule has 2 rings (SSSR count). The molecule has 0 radical (unpaired) electrons. The van der Waals surface area contributed by atoms with Gasteiger partial charge in [0.1, 0.15) is 5.82 Å². The molecule has 2 amide bonds. The Labute approximate surface area is 170 Å². The summed E-state index contributed by atoms with van der Waals surface area (Å²) in [6.07, 6.45) is 1.42. The van der Waals surface area contributed by atoms with Crippen LogP contribution < -0.4 is 20.5 Å². The third kappa shape index (κ3) is 6.70. The van der Waals surface area contributed by atoms with Gasteiger partial charge in [-0.15, -0.1) is 0 Å². The second-order valence-corrected chi connectivity index (χ2v) is 6.74. The van der Waals surface area contributed by atoms with E-state index in [2.05, 4.69) is 10.4 Å². The molecule has 0 aliphatic carbocycles. The number of nitrogens with two attached hydrogens (primary N) is 1. The van der Waals surface area contributed by atoms with E-state index in [1.165, 1.54) is 4.90 Å². The molecule has 1 atom stereocenters. The first-order valence-corrected chi connectivity index (χ1v) is 9.49. The van der Waals surface area contributed by atoms with Crippen molar-refractivity contribution in [3.63, 3.8) is 0 Å². The van der Waals surface area contributed by atoms with E-state index in [9.17, 15) is 9.59 Å². The molecule has 0 aliphatic rings. The lowest BCUT2D eigenvalue weighted by Gasteiger charge is -2.20. The molecule has 9 nitrogen and oxygen atoms in total. The summed E-state index contributed by atoms with van der Waals surface area (Å²) in [5, 5.41) is 7.57. The van der Waals surface area contributed by atoms with Crippen LogP contribution in [-0.2, 0) is 22.7 Å². The van der Waals surface area contributed by atoms with Crippen LogP contribution in [0.4, 0.5) is 5.82 Å². The third-order valence-corrected chi connectivity index (χ3v) is 4.10. The van der Waals surface area contributed by atoms with Crippen molar-refractivity contribution >= 4 is 17.6 Å². The van der Waals surface area contributed by atoms with Gasteiger partial charge in [0, 0.05) is 45.9 Å². The lowest BCUT2D eigenvalue weighted by molar-refractivity contribution is -0.135. The van der Waals surface area contributed by atoms with Gasteiger partial charge < -0.3 is 25.4 Å². The summed E-state index contributed by atoms with van der Waals surface area (Å²) < 4.78 is 13.2. The Bertz CT molecular complexity index is 834. The molecule has 158 valence electrons. The minimum atomic E-state index is -0.613. The standard InChI is InChI=1S/C20H29N5O4/c1-5-28-17-12-15(6-7-16(17)29-14(2)20(27)24(3)4)13-22-19-9-11-25(23-19)10-8-18(21)26/h6-7,9,11-12,14H,5,8,10,13H2,1-4H3,(H2,21,26)(H,22,23). The van der Waals surface area contributed by atoms with E-state index in [1.54, 1.807) is 38.0 Å². The maximum atomic E-state index is 12.0. The Morgan fingerprint density at radius 1 is 1.28 bits per heavy atom. The number of carbonyl (C=O) groups excluding carboxylic acids is 2. The van der Waals surface area contributed by atoms with E-state index >= 15 is 0 Å². The smallest absolute Gasteiger partial charge is 0.262 e. The Morgan fingerprint density at radius 2 is 2.03 bits per heavy atom. The molecule has 29 heavy (non-hydrogen) atoms. The number of carbonyl (C=O) groups is 2. The number of anilines is 1. The van der Waals surface area contributed by atoms with Gasteiger partial charge >= 0.3 is 0 Å². The number of hydrogen-bond donors (Lipinski definition) is 2. The highest BCUT2D eigenvalue weighted by molar-refractivity contribution is 5.80. The summed E-state index contributed by atoms with van der Waals surface area (Å²) in [4.78, 5) is 24.4. The van der Waals surface area contributed by atoms with Crippen LogP contribution in [0.25, 0.3) is 0 Å². The summed E-state index contributed by atoms with van der Waals surface area (Å²) in [5.41, 5.74) is 6.13. The number of ether oxygens (including phenoxy) is 2. The molecule has 0 bridgehead atoms. The van der Waals surface area contributed by atoms with Gasteiger partial charge in [0.15, 0.2) is 17.6 Å². The van der Waals surface area contributed by atoms with Gasteiger partial charge in [-0.3, -0.25) is 14.3 Å². The van der Waals surface area contributed by atoms with Crippen LogP contribution in [0, 0.1) is 0 Å². The van der Waals surface area contributed by atoms with Crippen molar-refractivity contribution in [2.45, 2.75) is 39.5 Å². The fourth-order valence-corrected chi connectivity index (χ4v) is 2.63. The summed E-state index contributed by atoms with van der Waals surface area (Å²) in [6, 6.07) is 7.41. The molecule has 0 fully saturated rings. The minimum absolute atomic E-state index is 0.120. The van der Waals surface area contributed by atoms with Crippen molar-refractivity contribution < 1.29 is 19.1 Å². The molecule has 1 aromatic heterocycles. The van der Waals surface area contributed by atoms with Crippen molar-refractivity contribution in [1.82, 2.24) is 14.7 Å². The fourth-order valence-electron chi connectivity index (χ4n) is 2.63. The van der Waals surface area contributed by atoms with Crippen molar-refractivity contribution in [3.8, 4) is 11.5 Å². The van der Waals surface area contributed by atoms with Gasteiger partial charge in [0.25, 0.3) is 5.91 Å². The number of rotatable bonds is 11. The van der Waals surface area contributed by atoms with Crippen molar-refractivity contribution in [2.24, 2.45) is 5.73 Å². The molecule has 0 saturated carbocycles. The molecule has 0 saturated heterocycles. The Hall–Kier alpha value is -3.23. The second-order valence-electron chi connectivity index (χ2n) is 6.74. The van der Waals surface area contributed by atoms with Crippen LogP contribution in [-0.4, -0.2) is 53.3 Å². The monoisotopic (exact) mass is 403 g/mol. The summed E-state index contributed by atoms with van der Waals surface area (Å²) >= 11 is 0. The van der Waals surface area contributed by atoms with Crippen LogP contribution in [0.2, 0.25) is 0 Å². The van der Waals surface area contributed by atoms with Gasteiger partial charge in [0.05, 0.1) is 6.61 Å². The average Bonchev–Trinajstić information content (AvgIpc) is 3.13. The van der Waals surface area contributed by atoms with Gasteiger partial charge in [-0.05, 0) is 31.5 Å². The lowest BCUT2D eigenvalue weighted by atomic mass is 10.2. The van der Waals surface area contributed by atoms with Crippen LogP contribution in [0.3, 0.4) is 0 Å². The summed E-state index contributed by atoms with van der Waals surface area (Å²) in [7, 11) is 3.38. The normalized spacial score (nSPS) is 11.6. The SMILES string of the molecule is CCOc1cc(CNc2ccn(CCC(N)=O)n2)ccc1OC(C)C(=O)N(C)C. The third-order valence-electron chi connectivity index (χ3n) is 4.10. The average molecular weight is 403 g/mol. The molecular weight excluding hydrogens is 374 g/mol. The molecular formula is C20H29N5O4. The largest absolute Gasteiger partial charge is 0.490 e. The van der Waals surface area contributed by atoms with Crippen molar-refractivity contribution in [3.05, 3.63) is 36.0 Å². The lowest BCUT2D eigenvalue weighted by Crippen LogP contribution is -2.35. The highest BCUT2D eigenvalue weighted by Crippen LogP contribution is 2.30. The number of amides is 2. The quantitative estimate of drug-likeness (QED) is 0.590. The summed E-state index contributed by atoms with van der Waals surface area (Å²) in [6.45, 7) is 5.05. The van der Waals surface area contributed by atoms with Crippen LogP contribution in [0.15, 0.2) is 30.5 Å². The van der Waals surface area contributed by atoms with E-state index in [-0.39, 0.29) is 18.2 Å².